The fourth-order valence-electron chi connectivity index (χ4n) is 3.49. The highest BCUT2D eigenvalue weighted by Gasteiger charge is 2.30. The van der Waals surface area contributed by atoms with E-state index < -0.39 is 17.8 Å². The van der Waals surface area contributed by atoms with Crippen molar-refractivity contribution in [3.05, 3.63) is 70.4 Å². The number of alkyl halides is 3. The first-order valence-corrected chi connectivity index (χ1v) is 12.8. The smallest absolute Gasteiger partial charge is 0.325 e. The van der Waals surface area contributed by atoms with E-state index in [1.807, 2.05) is 20.8 Å². The van der Waals surface area contributed by atoms with Crippen molar-refractivity contribution in [2.45, 2.75) is 32.0 Å². The van der Waals surface area contributed by atoms with Gasteiger partial charge in [0.2, 0.25) is 5.91 Å². The molecule has 0 atom stereocenters. The van der Waals surface area contributed by atoms with Gasteiger partial charge < -0.3 is 16.0 Å². The number of thiophene rings is 1. The number of hydrogen-bond acceptors (Lipinski definition) is 6. The monoisotopic (exact) mass is 545 g/mol. The number of urea groups is 1. The van der Waals surface area contributed by atoms with Crippen LogP contribution in [-0.4, -0.2) is 27.7 Å². The summed E-state index contributed by atoms with van der Waals surface area (Å²) in [5.41, 5.74) is 1.04. The van der Waals surface area contributed by atoms with Gasteiger partial charge in [-0.2, -0.15) is 13.2 Å². The molecular formula is C25H22F3N5O2S2. The van der Waals surface area contributed by atoms with Crippen molar-refractivity contribution in [1.29, 1.82) is 0 Å². The number of carbonyl (C=O) groups is 2. The van der Waals surface area contributed by atoms with E-state index >= 15 is 0 Å². The Morgan fingerprint density at radius 3 is 2.22 bits per heavy atom. The number of aromatic nitrogens is 2. The van der Waals surface area contributed by atoms with Crippen LogP contribution in [0.5, 0.6) is 0 Å². The van der Waals surface area contributed by atoms with Gasteiger partial charge >= 0.3 is 12.2 Å². The van der Waals surface area contributed by atoms with Gasteiger partial charge in [-0.05, 0) is 62.7 Å². The number of anilines is 3. The van der Waals surface area contributed by atoms with Crippen LogP contribution in [0.3, 0.4) is 0 Å². The fraction of sp³-hybridized carbons (Fsp3) is 0.200. The molecule has 3 amide bonds. The molecule has 37 heavy (non-hydrogen) atoms. The molecule has 192 valence electrons. The highest BCUT2D eigenvalue weighted by Crippen LogP contribution is 2.35. The summed E-state index contributed by atoms with van der Waals surface area (Å²) in [4.78, 5) is 36.0. The molecule has 0 spiro atoms. The molecule has 0 unspecified atom stereocenters. The number of rotatable bonds is 6. The lowest BCUT2D eigenvalue weighted by atomic mass is 10.2. The quantitative estimate of drug-likeness (QED) is 0.179. The molecular weight excluding hydrogens is 523 g/mol. The van der Waals surface area contributed by atoms with Gasteiger partial charge in [-0.3, -0.25) is 4.79 Å². The Morgan fingerprint density at radius 2 is 1.54 bits per heavy atom. The minimum Gasteiger partial charge on any atom is -0.325 e. The molecule has 7 nitrogen and oxygen atoms in total. The molecule has 0 fully saturated rings. The normalized spacial score (nSPS) is 11.4. The zero-order valence-electron chi connectivity index (χ0n) is 20.0. The van der Waals surface area contributed by atoms with Gasteiger partial charge in [0.1, 0.15) is 15.7 Å². The molecule has 4 rings (SSSR count). The number of carbonyl (C=O) groups excluding carboxylic acids is 2. The Bertz CT molecular complexity index is 1490. The molecule has 0 aliphatic rings. The van der Waals surface area contributed by atoms with Gasteiger partial charge in [0.05, 0.1) is 11.3 Å². The first-order valence-electron chi connectivity index (χ1n) is 11.0. The number of aryl methyl sites for hydroxylation is 3. The molecule has 0 saturated heterocycles. The summed E-state index contributed by atoms with van der Waals surface area (Å²) in [6, 6.07) is 10.1. The van der Waals surface area contributed by atoms with E-state index in [0.717, 1.165) is 37.8 Å². The van der Waals surface area contributed by atoms with E-state index in [0.29, 0.717) is 17.2 Å². The van der Waals surface area contributed by atoms with Crippen molar-refractivity contribution in [3.63, 3.8) is 0 Å². The van der Waals surface area contributed by atoms with E-state index in [2.05, 4.69) is 25.9 Å². The lowest BCUT2D eigenvalue weighted by Crippen LogP contribution is -2.20. The molecule has 3 N–H and O–H groups in total. The molecule has 12 heteroatoms. The summed E-state index contributed by atoms with van der Waals surface area (Å²) < 4.78 is 38.7. The molecule has 2 aromatic heterocycles. The van der Waals surface area contributed by atoms with Crippen LogP contribution in [-0.2, 0) is 11.0 Å². The van der Waals surface area contributed by atoms with Crippen LogP contribution in [0.2, 0.25) is 0 Å². The highest BCUT2D eigenvalue weighted by atomic mass is 32.2. The van der Waals surface area contributed by atoms with Gasteiger partial charge in [0, 0.05) is 27.3 Å². The maximum absolute atomic E-state index is 12.9. The van der Waals surface area contributed by atoms with Crippen molar-refractivity contribution < 1.29 is 22.8 Å². The van der Waals surface area contributed by atoms with Crippen LogP contribution in [0.4, 0.5) is 35.0 Å². The second-order valence-electron chi connectivity index (χ2n) is 8.11. The standard InChI is InChI=1S/C25H22F3N5O2S2/c1-13-14(2)37-23-21(13)22(29-15(3)30-23)36-12-20(34)31-18-8-5-9-19(11-18)33-24(35)32-17-7-4-6-16(10-17)25(26,27)28/h4-11H,12H2,1-3H3,(H,31,34)(H2,32,33,35). The zero-order valence-corrected chi connectivity index (χ0v) is 21.6. The van der Waals surface area contributed by atoms with E-state index in [1.54, 1.807) is 35.6 Å². The molecule has 2 heterocycles. The van der Waals surface area contributed by atoms with Crippen molar-refractivity contribution in [2.75, 3.05) is 21.7 Å². The third-order valence-electron chi connectivity index (χ3n) is 5.30. The average molecular weight is 546 g/mol. The van der Waals surface area contributed by atoms with Crippen molar-refractivity contribution in [2.24, 2.45) is 0 Å². The molecule has 0 aliphatic carbocycles. The number of halogens is 3. The van der Waals surface area contributed by atoms with Gasteiger partial charge in [-0.15, -0.1) is 11.3 Å². The van der Waals surface area contributed by atoms with Gasteiger partial charge in [-0.1, -0.05) is 23.9 Å². The second kappa shape index (κ2) is 10.8. The topological polar surface area (TPSA) is 96.0 Å². The maximum atomic E-state index is 12.9. The van der Waals surface area contributed by atoms with Crippen LogP contribution < -0.4 is 16.0 Å². The molecule has 4 aromatic rings. The van der Waals surface area contributed by atoms with Gasteiger partial charge in [0.25, 0.3) is 0 Å². The second-order valence-corrected chi connectivity index (χ2v) is 10.3. The van der Waals surface area contributed by atoms with E-state index in [9.17, 15) is 22.8 Å². The minimum atomic E-state index is -4.52. The summed E-state index contributed by atoms with van der Waals surface area (Å²) in [7, 11) is 0. The molecule has 0 saturated carbocycles. The lowest BCUT2D eigenvalue weighted by Gasteiger charge is -2.12. The number of fused-ring (bicyclic) bond motifs is 1. The Morgan fingerprint density at radius 1 is 0.919 bits per heavy atom. The van der Waals surface area contributed by atoms with Crippen LogP contribution in [0.25, 0.3) is 10.2 Å². The van der Waals surface area contributed by atoms with Crippen LogP contribution in [0.15, 0.2) is 53.6 Å². The summed E-state index contributed by atoms with van der Waals surface area (Å²) >= 11 is 2.92. The van der Waals surface area contributed by atoms with E-state index in [1.165, 1.54) is 23.9 Å². The first-order chi connectivity index (χ1) is 17.5. The maximum Gasteiger partial charge on any atom is 0.416 e. The van der Waals surface area contributed by atoms with E-state index in [4.69, 9.17) is 0 Å². The summed E-state index contributed by atoms with van der Waals surface area (Å²) in [6.45, 7) is 5.85. The minimum absolute atomic E-state index is 0.000994. The van der Waals surface area contributed by atoms with Gasteiger partial charge in [-0.25, -0.2) is 14.8 Å². The number of hydrogen-bond donors (Lipinski definition) is 3. The Kier molecular flexibility index (Phi) is 7.69. The number of thioether (sulfide) groups is 1. The van der Waals surface area contributed by atoms with Crippen molar-refractivity contribution in [3.8, 4) is 0 Å². The summed E-state index contributed by atoms with van der Waals surface area (Å²) in [5, 5.41) is 9.42. The van der Waals surface area contributed by atoms with Crippen molar-refractivity contribution >= 4 is 62.3 Å². The van der Waals surface area contributed by atoms with E-state index in [-0.39, 0.29) is 17.3 Å². The summed E-state index contributed by atoms with van der Waals surface area (Å²) in [5.74, 6) is 0.497. The molecule has 0 radical (unpaired) electrons. The molecule has 0 aliphatic heterocycles. The Labute approximate surface area is 218 Å². The summed E-state index contributed by atoms with van der Waals surface area (Å²) in [6.07, 6.45) is -4.52. The number of nitrogens with one attached hydrogen (secondary N) is 3. The average Bonchev–Trinajstić information content (AvgIpc) is 3.10. The number of nitrogens with zero attached hydrogens (tertiary/aromatic N) is 2. The van der Waals surface area contributed by atoms with Crippen LogP contribution in [0.1, 0.15) is 21.8 Å². The molecule has 0 bridgehead atoms. The Hall–Kier alpha value is -3.64. The van der Waals surface area contributed by atoms with Crippen molar-refractivity contribution in [1.82, 2.24) is 9.97 Å². The number of amides is 3. The predicted molar refractivity (Wildman–Crippen MR) is 142 cm³/mol. The van der Waals surface area contributed by atoms with Gasteiger partial charge in [0.15, 0.2) is 0 Å². The predicted octanol–water partition coefficient (Wildman–Crippen LogP) is 7.01. The van der Waals surface area contributed by atoms with Crippen LogP contribution in [0, 0.1) is 20.8 Å². The largest absolute Gasteiger partial charge is 0.416 e. The SMILES string of the molecule is Cc1nc(SCC(=O)Nc2cccc(NC(=O)Nc3cccc(C(F)(F)F)c3)c2)c2c(C)c(C)sc2n1. The highest BCUT2D eigenvalue weighted by molar-refractivity contribution is 8.00. The van der Waals surface area contributed by atoms with Crippen LogP contribution >= 0.6 is 23.1 Å². The lowest BCUT2D eigenvalue weighted by molar-refractivity contribution is -0.137. The number of benzene rings is 2. The Balaban J connectivity index is 1.37. The molecule has 2 aromatic carbocycles. The third-order valence-corrected chi connectivity index (χ3v) is 7.38. The first kappa shape index (κ1) is 26.4. The third kappa shape index (κ3) is 6.57. The zero-order chi connectivity index (χ0) is 26.7. The fourth-order valence-corrected chi connectivity index (χ4v) is 5.56.